The standard InChI is InChI=1S/C23H24F3NO3/c1-3-18-15-27(14-17-10-6-4-7-11-17)16-20(18)30-21(28)22(29-2,23(24,25)26)19-12-8-5-9-13-19/h3-13,18,20H,1,14-16H2,2H3/t18-,20-,22-/m1/s1. The van der Waals surface area contributed by atoms with E-state index in [9.17, 15) is 18.0 Å². The third-order valence-corrected chi connectivity index (χ3v) is 5.37. The molecular formula is C23H24F3NO3. The third-order valence-electron chi connectivity index (χ3n) is 5.37. The minimum absolute atomic E-state index is 0.281. The van der Waals surface area contributed by atoms with Crippen LogP contribution in [-0.4, -0.2) is 43.3 Å². The second-order valence-corrected chi connectivity index (χ2v) is 7.27. The molecule has 7 heteroatoms. The summed E-state index contributed by atoms with van der Waals surface area (Å²) in [6.07, 6.45) is -4.13. The van der Waals surface area contributed by atoms with Crippen molar-refractivity contribution < 1.29 is 27.4 Å². The van der Waals surface area contributed by atoms with E-state index in [1.54, 1.807) is 12.1 Å². The number of likely N-dealkylation sites (tertiary alicyclic amines) is 1. The summed E-state index contributed by atoms with van der Waals surface area (Å²) < 4.78 is 52.5. The lowest BCUT2D eigenvalue weighted by Crippen LogP contribution is -2.53. The average molecular weight is 419 g/mol. The quantitative estimate of drug-likeness (QED) is 0.495. The number of halogens is 3. The molecule has 1 aliphatic heterocycles. The topological polar surface area (TPSA) is 38.8 Å². The van der Waals surface area contributed by atoms with Crippen LogP contribution in [0.1, 0.15) is 11.1 Å². The van der Waals surface area contributed by atoms with Crippen LogP contribution >= 0.6 is 0 Å². The van der Waals surface area contributed by atoms with Gasteiger partial charge in [-0.15, -0.1) is 6.58 Å². The Hall–Kier alpha value is -2.64. The number of methoxy groups -OCH3 is 1. The molecule has 2 aromatic carbocycles. The molecular weight excluding hydrogens is 395 g/mol. The van der Waals surface area contributed by atoms with Crippen LogP contribution in [0, 0.1) is 5.92 Å². The van der Waals surface area contributed by atoms with Gasteiger partial charge in [0.25, 0.3) is 5.60 Å². The zero-order valence-corrected chi connectivity index (χ0v) is 16.6. The Morgan fingerprint density at radius 2 is 1.70 bits per heavy atom. The monoisotopic (exact) mass is 419 g/mol. The predicted octanol–water partition coefficient (Wildman–Crippen LogP) is 4.32. The van der Waals surface area contributed by atoms with Gasteiger partial charge in [-0.3, -0.25) is 4.90 Å². The summed E-state index contributed by atoms with van der Waals surface area (Å²) in [5, 5.41) is 0. The van der Waals surface area contributed by atoms with Gasteiger partial charge in [-0.25, -0.2) is 4.79 Å². The van der Waals surface area contributed by atoms with E-state index < -0.39 is 23.9 Å². The van der Waals surface area contributed by atoms with Crippen molar-refractivity contribution in [1.82, 2.24) is 4.90 Å². The number of ether oxygens (including phenoxy) is 2. The molecule has 3 atom stereocenters. The van der Waals surface area contributed by atoms with Crippen molar-refractivity contribution in [3.8, 4) is 0 Å². The summed E-state index contributed by atoms with van der Waals surface area (Å²) in [6.45, 7) is 5.21. The van der Waals surface area contributed by atoms with E-state index in [-0.39, 0.29) is 11.5 Å². The van der Waals surface area contributed by atoms with Crippen LogP contribution in [0.15, 0.2) is 73.3 Å². The first-order valence-corrected chi connectivity index (χ1v) is 9.59. The molecule has 0 aliphatic carbocycles. The molecule has 0 spiro atoms. The first-order chi connectivity index (χ1) is 14.3. The lowest BCUT2D eigenvalue weighted by molar-refractivity contribution is -0.278. The number of nitrogens with zero attached hydrogens (tertiary/aromatic N) is 1. The highest BCUT2D eigenvalue weighted by molar-refractivity contribution is 5.83. The van der Waals surface area contributed by atoms with E-state index >= 15 is 0 Å². The summed E-state index contributed by atoms with van der Waals surface area (Å²) >= 11 is 0. The molecule has 3 rings (SSSR count). The Morgan fingerprint density at radius 1 is 1.10 bits per heavy atom. The molecule has 1 aliphatic rings. The lowest BCUT2D eigenvalue weighted by Gasteiger charge is -2.33. The Kier molecular flexibility index (Phi) is 6.63. The van der Waals surface area contributed by atoms with Gasteiger partial charge in [0.15, 0.2) is 0 Å². The number of benzene rings is 2. The van der Waals surface area contributed by atoms with E-state index in [0.29, 0.717) is 19.6 Å². The van der Waals surface area contributed by atoms with Crippen molar-refractivity contribution >= 4 is 5.97 Å². The fraction of sp³-hybridized carbons (Fsp3) is 0.348. The van der Waals surface area contributed by atoms with Crippen molar-refractivity contribution in [2.45, 2.75) is 24.4 Å². The SMILES string of the molecule is C=C[C@@H]1CN(Cc2ccccc2)C[C@H]1OC(=O)[C@](OC)(c1ccccc1)C(F)(F)F. The van der Waals surface area contributed by atoms with Crippen LogP contribution in [-0.2, 0) is 26.4 Å². The molecule has 1 heterocycles. The lowest BCUT2D eigenvalue weighted by atomic mass is 9.92. The van der Waals surface area contributed by atoms with Gasteiger partial charge in [-0.05, 0) is 5.56 Å². The summed E-state index contributed by atoms with van der Waals surface area (Å²) in [5.41, 5.74) is -2.44. The maximum atomic E-state index is 14.1. The molecule has 2 aromatic rings. The second kappa shape index (κ2) is 9.02. The maximum absolute atomic E-state index is 14.1. The maximum Gasteiger partial charge on any atom is 0.432 e. The van der Waals surface area contributed by atoms with Gasteiger partial charge in [0.05, 0.1) is 0 Å². The molecule has 30 heavy (non-hydrogen) atoms. The van der Waals surface area contributed by atoms with Gasteiger partial charge >= 0.3 is 12.1 Å². The van der Waals surface area contributed by atoms with Gasteiger partial charge in [0.1, 0.15) is 6.10 Å². The molecule has 0 radical (unpaired) electrons. The number of carbonyl (C=O) groups excluding carboxylic acids is 1. The van der Waals surface area contributed by atoms with E-state index in [0.717, 1.165) is 12.7 Å². The Balaban J connectivity index is 1.82. The number of hydrogen-bond acceptors (Lipinski definition) is 4. The van der Waals surface area contributed by atoms with E-state index in [4.69, 9.17) is 9.47 Å². The van der Waals surface area contributed by atoms with Crippen molar-refractivity contribution in [2.75, 3.05) is 20.2 Å². The highest BCUT2D eigenvalue weighted by atomic mass is 19.4. The number of carbonyl (C=O) groups is 1. The van der Waals surface area contributed by atoms with Gasteiger partial charge in [0, 0.05) is 38.2 Å². The van der Waals surface area contributed by atoms with E-state index in [1.807, 2.05) is 35.2 Å². The Labute approximate surface area is 173 Å². The van der Waals surface area contributed by atoms with Crippen LogP contribution in [0.3, 0.4) is 0 Å². The highest BCUT2D eigenvalue weighted by Gasteiger charge is 2.64. The normalized spacial score (nSPS) is 21.7. The zero-order valence-electron chi connectivity index (χ0n) is 16.6. The fourth-order valence-electron chi connectivity index (χ4n) is 3.81. The second-order valence-electron chi connectivity index (χ2n) is 7.27. The first-order valence-electron chi connectivity index (χ1n) is 9.59. The van der Waals surface area contributed by atoms with Crippen molar-refractivity contribution in [3.05, 3.63) is 84.4 Å². The summed E-state index contributed by atoms with van der Waals surface area (Å²) in [6, 6.07) is 16.5. The first kappa shape index (κ1) is 22.1. The average Bonchev–Trinajstić information content (AvgIpc) is 3.10. The van der Waals surface area contributed by atoms with Crippen molar-refractivity contribution in [3.63, 3.8) is 0 Å². The smallest absolute Gasteiger partial charge is 0.432 e. The molecule has 0 amide bonds. The van der Waals surface area contributed by atoms with Crippen LogP contribution in [0.2, 0.25) is 0 Å². The van der Waals surface area contributed by atoms with Crippen molar-refractivity contribution in [1.29, 1.82) is 0 Å². The summed E-state index contributed by atoms with van der Waals surface area (Å²) in [7, 11) is 0.864. The highest BCUT2D eigenvalue weighted by Crippen LogP contribution is 2.43. The van der Waals surface area contributed by atoms with Gasteiger partial charge < -0.3 is 9.47 Å². The number of rotatable bonds is 7. The molecule has 0 bridgehead atoms. The van der Waals surface area contributed by atoms with Crippen molar-refractivity contribution in [2.24, 2.45) is 5.92 Å². The van der Waals surface area contributed by atoms with E-state index in [1.165, 1.54) is 24.3 Å². The minimum Gasteiger partial charge on any atom is -0.458 e. The molecule has 0 saturated carbocycles. The van der Waals surface area contributed by atoms with Gasteiger partial charge in [-0.2, -0.15) is 13.2 Å². The van der Waals surface area contributed by atoms with Crippen LogP contribution in [0.25, 0.3) is 0 Å². The minimum atomic E-state index is -4.99. The molecule has 4 nitrogen and oxygen atoms in total. The molecule has 0 N–H and O–H groups in total. The number of alkyl halides is 3. The molecule has 1 fully saturated rings. The van der Waals surface area contributed by atoms with Gasteiger partial charge in [0.2, 0.25) is 0 Å². The zero-order chi connectivity index (χ0) is 21.8. The summed E-state index contributed by atoms with van der Waals surface area (Å²) in [4.78, 5) is 14.9. The predicted molar refractivity (Wildman–Crippen MR) is 106 cm³/mol. The number of esters is 1. The molecule has 160 valence electrons. The Morgan fingerprint density at radius 3 is 2.23 bits per heavy atom. The third kappa shape index (κ3) is 4.27. The largest absolute Gasteiger partial charge is 0.458 e. The molecule has 1 saturated heterocycles. The van der Waals surface area contributed by atoms with Crippen LogP contribution < -0.4 is 0 Å². The Bertz CT molecular complexity index is 857. The van der Waals surface area contributed by atoms with E-state index in [2.05, 4.69) is 6.58 Å². The summed E-state index contributed by atoms with van der Waals surface area (Å²) in [5.74, 6) is -1.75. The fourth-order valence-corrected chi connectivity index (χ4v) is 3.81. The molecule has 0 unspecified atom stereocenters. The van der Waals surface area contributed by atoms with Crippen LogP contribution in [0.5, 0.6) is 0 Å². The van der Waals surface area contributed by atoms with Crippen LogP contribution in [0.4, 0.5) is 13.2 Å². The number of hydrogen-bond donors (Lipinski definition) is 0. The molecule has 0 aromatic heterocycles. The van der Waals surface area contributed by atoms with Gasteiger partial charge in [-0.1, -0.05) is 66.7 Å².